The van der Waals surface area contributed by atoms with Gasteiger partial charge in [-0.15, -0.1) is 0 Å². The lowest BCUT2D eigenvalue weighted by molar-refractivity contribution is 1.16. The van der Waals surface area contributed by atoms with Crippen LogP contribution in [0.1, 0.15) is 0 Å². The highest BCUT2D eigenvalue weighted by molar-refractivity contribution is 6.10. The number of nitrogens with zero attached hydrogens (tertiary/aromatic N) is 5. The van der Waals surface area contributed by atoms with Crippen LogP contribution >= 0.6 is 0 Å². The van der Waals surface area contributed by atoms with E-state index in [0.29, 0.717) is 11.6 Å². The van der Waals surface area contributed by atoms with Crippen molar-refractivity contribution in [3.63, 3.8) is 0 Å². The molecule has 0 radical (unpaired) electrons. The van der Waals surface area contributed by atoms with Crippen molar-refractivity contribution in [1.82, 2.24) is 24.9 Å². The Bertz CT molecular complexity index is 2200. The minimum absolute atomic E-state index is 0.631. The second-order valence-electron chi connectivity index (χ2n) is 10.6. The molecule has 3 aromatic heterocycles. The van der Waals surface area contributed by atoms with E-state index in [-0.39, 0.29) is 0 Å². The highest BCUT2D eigenvalue weighted by Crippen LogP contribution is 2.35. The molecule has 0 atom stereocenters. The van der Waals surface area contributed by atoms with Crippen molar-refractivity contribution in [3.8, 4) is 56.7 Å². The summed E-state index contributed by atoms with van der Waals surface area (Å²) in [6.45, 7) is 0. The van der Waals surface area contributed by atoms with Crippen LogP contribution in [0, 0.1) is 0 Å². The molecule has 0 saturated carbocycles. The van der Waals surface area contributed by atoms with Crippen molar-refractivity contribution in [1.29, 1.82) is 0 Å². The maximum atomic E-state index is 5.16. The number of rotatable bonds is 5. The van der Waals surface area contributed by atoms with E-state index in [2.05, 4.69) is 71.7 Å². The molecular weight excluding hydrogens is 538 g/mol. The van der Waals surface area contributed by atoms with Gasteiger partial charge in [-0.2, -0.15) is 0 Å². The molecule has 0 aliphatic rings. The highest BCUT2D eigenvalue weighted by atomic mass is 14.9. The summed E-state index contributed by atoms with van der Waals surface area (Å²) in [5.41, 5.74) is 8.15. The molecule has 206 valence electrons. The predicted molar refractivity (Wildman–Crippen MR) is 178 cm³/mol. The van der Waals surface area contributed by atoms with Crippen LogP contribution in [0.4, 0.5) is 0 Å². The average molecular weight is 564 g/mol. The molecule has 0 unspecified atom stereocenters. The Morgan fingerprint density at radius 1 is 0.364 bits per heavy atom. The minimum atomic E-state index is 0.631. The Morgan fingerprint density at radius 3 is 1.73 bits per heavy atom. The first-order chi connectivity index (χ1) is 21.8. The van der Waals surface area contributed by atoms with Gasteiger partial charge in [0.1, 0.15) is 0 Å². The largest absolute Gasteiger partial charge is 0.255 e. The smallest absolute Gasteiger partial charge is 0.160 e. The average Bonchev–Trinajstić information content (AvgIpc) is 3.12. The molecule has 5 aromatic carbocycles. The van der Waals surface area contributed by atoms with E-state index in [9.17, 15) is 0 Å². The van der Waals surface area contributed by atoms with Crippen LogP contribution in [0.3, 0.4) is 0 Å². The molecule has 0 amide bonds. The molecule has 3 heterocycles. The lowest BCUT2D eigenvalue weighted by Gasteiger charge is -2.13. The van der Waals surface area contributed by atoms with Crippen molar-refractivity contribution >= 4 is 21.7 Å². The highest BCUT2D eigenvalue weighted by Gasteiger charge is 2.16. The van der Waals surface area contributed by atoms with Gasteiger partial charge < -0.3 is 0 Å². The molecule has 0 aliphatic carbocycles. The first kappa shape index (κ1) is 25.6. The molecule has 0 spiro atoms. The van der Waals surface area contributed by atoms with Crippen molar-refractivity contribution in [2.45, 2.75) is 0 Å². The van der Waals surface area contributed by atoms with Crippen LogP contribution in [0.2, 0.25) is 0 Å². The normalized spacial score (nSPS) is 11.2. The van der Waals surface area contributed by atoms with Gasteiger partial charge in [0.15, 0.2) is 11.6 Å². The van der Waals surface area contributed by atoms with E-state index in [0.717, 1.165) is 66.7 Å². The number of hydrogen-bond acceptors (Lipinski definition) is 5. The topological polar surface area (TPSA) is 64.5 Å². The first-order valence-electron chi connectivity index (χ1n) is 14.5. The predicted octanol–water partition coefficient (Wildman–Crippen LogP) is 9.30. The zero-order chi connectivity index (χ0) is 29.3. The van der Waals surface area contributed by atoms with Crippen LogP contribution < -0.4 is 0 Å². The summed E-state index contributed by atoms with van der Waals surface area (Å²) in [7, 11) is 0. The molecule has 5 heteroatoms. The van der Waals surface area contributed by atoms with Gasteiger partial charge in [0.25, 0.3) is 0 Å². The van der Waals surface area contributed by atoms with Crippen LogP contribution in [-0.4, -0.2) is 24.9 Å². The molecule has 0 bridgehead atoms. The summed E-state index contributed by atoms with van der Waals surface area (Å²) in [5, 5.41) is 3.10. The van der Waals surface area contributed by atoms with Gasteiger partial charge in [-0.1, -0.05) is 115 Å². The zero-order valence-corrected chi connectivity index (χ0v) is 23.7. The number of hydrogen-bond donors (Lipinski definition) is 0. The van der Waals surface area contributed by atoms with Gasteiger partial charge in [-0.3, -0.25) is 4.98 Å². The van der Waals surface area contributed by atoms with Crippen LogP contribution in [0.15, 0.2) is 152 Å². The lowest BCUT2D eigenvalue weighted by atomic mass is 9.99. The number of aromatic nitrogens is 5. The SMILES string of the molecule is c1ccc(-c2cc(-c3ccccn3)nc(-c3ccc4ccc5c(-c6ccccc6)nc(-c6ccccc6)nc5c4c3)n2)cc1. The molecule has 8 rings (SSSR count). The number of fused-ring (bicyclic) bond motifs is 3. The van der Waals surface area contributed by atoms with E-state index in [1.807, 2.05) is 78.9 Å². The van der Waals surface area contributed by atoms with Crippen LogP contribution in [0.5, 0.6) is 0 Å². The quantitative estimate of drug-likeness (QED) is 0.195. The fourth-order valence-corrected chi connectivity index (χ4v) is 5.56. The van der Waals surface area contributed by atoms with Gasteiger partial charge in [0.05, 0.1) is 28.3 Å². The van der Waals surface area contributed by atoms with Gasteiger partial charge in [0, 0.05) is 39.2 Å². The van der Waals surface area contributed by atoms with E-state index < -0.39 is 0 Å². The molecule has 5 nitrogen and oxygen atoms in total. The summed E-state index contributed by atoms with van der Waals surface area (Å²) < 4.78 is 0. The fraction of sp³-hybridized carbons (Fsp3) is 0. The van der Waals surface area contributed by atoms with E-state index in [1.165, 1.54) is 0 Å². The number of pyridine rings is 1. The molecule has 0 saturated heterocycles. The zero-order valence-electron chi connectivity index (χ0n) is 23.7. The summed E-state index contributed by atoms with van der Waals surface area (Å²) >= 11 is 0. The standard InChI is InChI=1S/C39H25N5/c1-4-12-27(13-5-1)34-25-35(33-18-10-11-23-40-33)42-39(41-34)30-20-19-26-21-22-31-36(28-14-6-2-7-15-28)43-38(29-16-8-3-9-17-29)44-37(31)32(26)24-30/h1-25H. The second kappa shape index (κ2) is 11.0. The third-order valence-electron chi connectivity index (χ3n) is 7.74. The summed E-state index contributed by atoms with van der Waals surface area (Å²) in [6, 6.07) is 49.1. The van der Waals surface area contributed by atoms with Gasteiger partial charge >= 0.3 is 0 Å². The van der Waals surface area contributed by atoms with Crippen molar-refractivity contribution < 1.29 is 0 Å². The summed E-state index contributed by atoms with van der Waals surface area (Å²) in [5.74, 6) is 1.32. The van der Waals surface area contributed by atoms with Crippen LogP contribution in [-0.2, 0) is 0 Å². The third-order valence-corrected chi connectivity index (χ3v) is 7.74. The molecular formula is C39H25N5. The monoisotopic (exact) mass is 563 g/mol. The van der Waals surface area contributed by atoms with Crippen LogP contribution in [0.25, 0.3) is 78.4 Å². The molecule has 8 aromatic rings. The van der Waals surface area contributed by atoms with Crippen molar-refractivity contribution in [3.05, 3.63) is 152 Å². The van der Waals surface area contributed by atoms with Gasteiger partial charge in [0.2, 0.25) is 0 Å². The molecule has 0 N–H and O–H groups in total. The molecule has 0 aliphatic heterocycles. The fourth-order valence-electron chi connectivity index (χ4n) is 5.56. The Kier molecular flexibility index (Phi) is 6.39. The Morgan fingerprint density at radius 2 is 1.00 bits per heavy atom. The second-order valence-corrected chi connectivity index (χ2v) is 10.6. The Labute approximate surface area is 254 Å². The van der Waals surface area contributed by atoms with Crippen molar-refractivity contribution in [2.24, 2.45) is 0 Å². The maximum Gasteiger partial charge on any atom is 0.160 e. The lowest BCUT2D eigenvalue weighted by Crippen LogP contribution is -1.98. The minimum Gasteiger partial charge on any atom is -0.255 e. The summed E-state index contributed by atoms with van der Waals surface area (Å²) in [6.07, 6.45) is 1.79. The van der Waals surface area contributed by atoms with Gasteiger partial charge in [-0.05, 0) is 35.7 Å². The number of benzene rings is 5. The van der Waals surface area contributed by atoms with E-state index >= 15 is 0 Å². The Hall–Kier alpha value is -6.07. The first-order valence-corrected chi connectivity index (χ1v) is 14.5. The van der Waals surface area contributed by atoms with Gasteiger partial charge in [-0.25, -0.2) is 19.9 Å². The molecule has 44 heavy (non-hydrogen) atoms. The third kappa shape index (κ3) is 4.76. The summed E-state index contributed by atoms with van der Waals surface area (Å²) in [4.78, 5) is 24.9. The van der Waals surface area contributed by atoms with Crippen molar-refractivity contribution in [2.75, 3.05) is 0 Å². The Balaban J connectivity index is 1.38. The maximum absolute atomic E-state index is 5.16. The van der Waals surface area contributed by atoms with E-state index in [1.54, 1.807) is 6.20 Å². The molecule has 0 fully saturated rings. The van der Waals surface area contributed by atoms with E-state index in [4.69, 9.17) is 19.9 Å².